The van der Waals surface area contributed by atoms with Crippen LogP contribution in [0.5, 0.6) is 5.75 Å². The van der Waals surface area contributed by atoms with E-state index in [9.17, 15) is 18.0 Å². The molecule has 0 saturated carbocycles. The van der Waals surface area contributed by atoms with Crippen LogP contribution in [0.2, 0.25) is 0 Å². The van der Waals surface area contributed by atoms with Crippen LogP contribution in [-0.2, 0) is 21.1 Å². The largest absolute Gasteiger partial charge is 0.573 e. The standard InChI is InChI=1S/C21H22F3N3O4/c1-13-6-5-7-17(19(27-29-4)20(28)25-3)18(13)12-30-26-14(2)15-8-10-16(11-9-15)31-21(22,23)24/h5-11H,12H2,1-4H3,(H,25,28)/b26-14+,27-19+. The third-order valence-corrected chi connectivity index (χ3v) is 4.21. The Labute approximate surface area is 177 Å². The number of hydrogen-bond donors (Lipinski definition) is 1. The number of halogens is 3. The SMILES string of the molecule is CNC(=O)/C(=N/OC)c1cccc(C)c1CO/N=C(\C)c1ccc(OC(F)(F)F)cc1. The molecule has 0 fully saturated rings. The summed E-state index contributed by atoms with van der Waals surface area (Å²) in [5, 5.41) is 10.4. The molecule has 0 aliphatic carbocycles. The lowest BCUT2D eigenvalue weighted by molar-refractivity contribution is -0.274. The van der Waals surface area contributed by atoms with E-state index in [2.05, 4.69) is 20.4 Å². The molecule has 1 amide bonds. The van der Waals surface area contributed by atoms with Gasteiger partial charge in [0, 0.05) is 18.2 Å². The van der Waals surface area contributed by atoms with Crippen LogP contribution < -0.4 is 10.1 Å². The number of oxime groups is 2. The van der Waals surface area contributed by atoms with E-state index in [0.717, 1.165) is 5.56 Å². The van der Waals surface area contributed by atoms with Gasteiger partial charge in [0.2, 0.25) is 0 Å². The summed E-state index contributed by atoms with van der Waals surface area (Å²) < 4.78 is 40.6. The molecule has 31 heavy (non-hydrogen) atoms. The molecule has 0 spiro atoms. The first-order valence-corrected chi connectivity index (χ1v) is 9.11. The Bertz CT molecular complexity index is 971. The average Bonchev–Trinajstić information content (AvgIpc) is 2.72. The zero-order chi connectivity index (χ0) is 23.0. The molecule has 0 heterocycles. The highest BCUT2D eigenvalue weighted by molar-refractivity contribution is 6.45. The van der Waals surface area contributed by atoms with Gasteiger partial charge in [-0.2, -0.15) is 0 Å². The zero-order valence-corrected chi connectivity index (χ0v) is 17.4. The topological polar surface area (TPSA) is 81.5 Å². The van der Waals surface area contributed by atoms with E-state index in [1.807, 2.05) is 13.0 Å². The highest BCUT2D eigenvalue weighted by atomic mass is 19.4. The molecule has 0 unspecified atom stereocenters. The van der Waals surface area contributed by atoms with E-state index in [4.69, 9.17) is 9.68 Å². The third kappa shape index (κ3) is 6.73. The Morgan fingerprint density at radius 2 is 1.77 bits per heavy atom. The maximum atomic E-state index is 12.3. The summed E-state index contributed by atoms with van der Waals surface area (Å²) in [5.41, 5.74) is 3.17. The van der Waals surface area contributed by atoms with Crippen LogP contribution in [0.3, 0.4) is 0 Å². The monoisotopic (exact) mass is 437 g/mol. The second-order valence-electron chi connectivity index (χ2n) is 6.32. The summed E-state index contributed by atoms with van der Waals surface area (Å²) in [4.78, 5) is 22.4. The first-order chi connectivity index (χ1) is 14.7. The molecule has 1 N–H and O–H groups in total. The van der Waals surface area contributed by atoms with Gasteiger partial charge in [0.05, 0.1) is 5.71 Å². The van der Waals surface area contributed by atoms with Crippen LogP contribution in [0.1, 0.15) is 29.2 Å². The average molecular weight is 437 g/mol. The van der Waals surface area contributed by atoms with Crippen molar-refractivity contribution in [3.63, 3.8) is 0 Å². The Kier molecular flexibility index (Phi) is 8.00. The van der Waals surface area contributed by atoms with Crippen molar-refractivity contribution >= 4 is 17.3 Å². The minimum absolute atomic E-state index is 0.0361. The Morgan fingerprint density at radius 1 is 1.10 bits per heavy atom. The van der Waals surface area contributed by atoms with E-state index < -0.39 is 12.3 Å². The highest BCUT2D eigenvalue weighted by Gasteiger charge is 2.31. The summed E-state index contributed by atoms with van der Waals surface area (Å²) in [6, 6.07) is 10.6. The van der Waals surface area contributed by atoms with Gasteiger partial charge in [-0.05, 0) is 49.2 Å². The molecule has 0 aromatic heterocycles. The van der Waals surface area contributed by atoms with Crippen molar-refractivity contribution in [3.8, 4) is 5.75 Å². The Morgan fingerprint density at radius 3 is 2.35 bits per heavy atom. The van der Waals surface area contributed by atoms with Gasteiger partial charge in [-0.25, -0.2) is 0 Å². The molecule has 2 aromatic carbocycles. The quantitative estimate of drug-likeness (QED) is 0.501. The predicted octanol–water partition coefficient (Wildman–Crippen LogP) is 3.93. The van der Waals surface area contributed by atoms with E-state index in [-0.39, 0.29) is 18.1 Å². The maximum Gasteiger partial charge on any atom is 0.573 e. The molecule has 7 nitrogen and oxygen atoms in total. The van der Waals surface area contributed by atoms with Gasteiger partial charge in [-0.1, -0.05) is 28.5 Å². The highest BCUT2D eigenvalue weighted by Crippen LogP contribution is 2.23. The molecule has 2 aromatic rings. The van der Waals surface area contributed by atoms with Crippen molar-refractivity contribution < 1.29 is 32.4 Å². The third-order valence-electron chi connectivity index (χ3n) is 4.21. The number of nitrogens with zero attached hydrogens (tertiary/aromatic N) is 2. The fourth-order valence-electron chi connectivity index (χ4n) is 2.68. The number of rotatable bonds is 8. The molecule has 166 valence electrons. The summed E-state index contributed by atoms with van der Waals surface area (Å²) in [5.74, 6) is -0.747. The number of aryl methyl sites for hydroxylation is 1. The van der Waals surface area contributed by atoms with Crippen molar-refractivity contribution in [2.24, 2.45) is 10.3 Å². The number of alkyl halides is 3. The molecule has 10 heteroatoms. The van der Waals surface area contributed by atoms with Crippen LogP contribution >= 0.6 is 0 Å². The normalized spacial score (nSPS) is 12.4. The van der Waals surface area contributed by atoms with Gasteiger partial charge in [-0.15, -0.1) is 13.2 Å². The first kappa shape index (κ1) is 23.7. The smallest absolute Gasteiger partial charge is 0.406 e. The number of carbonyl (C=O) groups excluding carboxylic acids is 1. The maximum absolute atomic E-state index is 12.3. The van der Waals surface area contributed by atoms with Gasteiger partial charge in [0.25, 0.3) is 5.91 Å². The summed E-state index contributed by atoms with van der Waals surface area (Å²) in [6.07, 6.45) is -4.75. The Hall–Kier alpha value is -3.56. The van der Waals surface area contributed by atoms with Gasteiger partial charge in [0.1, 0.15) is 19.5 Å². The van der Waals surface area contributed by atoms with Crippen LogP contribution in [-0.4, -0.2) is 37.9 Å². The first-order valence-electron chi connectivity index (χ1n) is 9.11. The van der Waals surface area contributed by atoms with E-state index in [0.29, 0.717) is 22.4 Å². The minimum Gasteiger partial charge on any atom is -0.406 e. The van der Waals surface area contributed by atoms with Gasteiger partial charge in [-0.3, -0.25) is 4.79 Å². The van der Waals surface area contributed by atoms with Crippen molar-refractivity contribution in [1.29, 1.82) is 0 Å². The van der Waals surface area contributed by atoms with Crippen molar-refractivity contribution in [2.75, 3.05) is 14.2 Å². The van der Waals surface area contributed by atoms with Crippen LogP contribution in [0, 0.1) is 6.92 Å². The molecule has 2 rings (SSSR count). The molecular weight excluding hydrogens is 415 g/mol. The van der Waals surface area contributed by atoms with Crippen molar-refractivity contribution in [1.82, 2.24) is 5.32 Å². The fraction of sp³-hybridized carbons (Fsp3) is 0.286. The minimum atomic E-state index is -4.75. The molecule has 0 aliphatic heterocycles. The molecule has 0 radical (unpaired) electrons. The summed E-state index contributed by atoms with van der Waals surface area (Å²) in [7, 11) is 2.83. The molecule has 0 aliphatic rings. The van der Waals surface area contributed by atoms with E-state index in [1.165, 1.54) is 38.4 Å². The second-order valence-corrected chi connectivity index (χ2v) is 6.32. The lowest BCUT2D eigenvalue weighted by Gasteiger charge is -2.13. The number of amides is 1. The van der Waals surface area contributed by atoms with Gasteiger partial charge >= 0.3 is 6.36 Å². The number of nitrogens with one attached hydrogen (secondary N) is 1. The van der Waals surface area contributed by atoms with Crippen LogP contribution in [0.4, 0.5) is 13.2 Å². The van der Waals surface area contributed by atoms with E-state index >= 15 is 0 Å². The number of hydrogen-bond acceptors (Lipinski definition) is 6. The Balaban J connectivity index is 2.18. The lowest BCUT2D eigenvalue weighted by atomic mass is 9.98. The second kappa shape index (κ2) is 10.5. The summed E-state index contributed by atoms with van der Waals surface area (Å²) >= 11 is 0. The number of ether oxygens (including phenoxy) is 1. The van der Waals surface area contributed by atoms with Crippen LogP contribution in [0.25, 0.3) is 0 Å². The number of benzene rings is 2. The molecular formula is C21H22F3N3O4. The molecule has 0 saturated heterocycles. The number of carbonyl (C=O) groups is 1. The zero-order valence-electron chi connectivity index (χ0n) is 17.4. The molecule has 0 atom stereocenters. The van der Waals surface area contributed by atoms with E-state index in [1.54, 1.807) is 19.1 Å². The van der Waals surface area contributed by atoms with Crippen LogP contribution in [0.15, 0.2) is 52.8 Å². The number of likely N-dealkylation sites (N-methyl/N-ethyl adjacent to an activating group) is 1. The molecule has 0 bridgehead atoms. The van der Waals surface area contributed by atoms with Crippen molar-refractivity contribution in [3.05, 3.63) is 64.7 Å². The van der Waals surface area contributed by atoms with Gasteiger partial charge in [0.15, 0.2) is 5.71 Å². The fourth-order valence-corrected chi connectivity index (χ4v) is 2.68. The lowest BCUT2D eigenvalue weighted by Crippen LogP contribution is -2.29. The van der Waals surface area contributed by atoms with Gasteiger partial charge < -0.3 is 19.7 Å². The predicted molar refractivity (Wildman–Crippen MR) is 109 cm³/mol. The summed E-state index contributed by atoms with van der Waals surface area (Å²) in [6.45, 7) is 3.54. The van der Waals surface area contributed by atoms with Crippen molar-refractivity contribution in [2.45, 2.75) is 26.8 Å².